The molecule has 166 valence electrons. The first-order valence-corrected chi connectivity index (χ1v) is 10.8. The lowest BCUT2D eigenvalue weighted by atomic mass is 10.0. The summed E-state index contributed by atoms with van der Waals surface area (Å²) in [7, 11) is 0. The summed E-state index contributed by atoms with van der Waals surface area (Å²) < 4.78 is 22.9. The number of hydrogen-bond acceptors (Lipinski definition) is 5. The zero-order valence-corrected chi connectivity index (χ0v) is 18.0. The van der Waals surface area contributed by atoms with E-state index in [1.807, 2.05) is 18.3 Å². The Labute approximate surface area is 190 Å². The molecule has 3 aromatic heterocycles. The normalized spacial score (nSPS) is 16.1. The highest BCUT2D eigenvalue weighted by Crippen LogP contribution is 2.31. The van der Waals surface area contributed by atoms with E-state index in [2.05, 4.69) is 31.8 Å². The number of benzene rings is 1. The van der Waals surface area contributed by atoms with E-state index in [0.29, 0.717) is 29.2 Å². The van der Waals surface area contributed by atoms with Crippen LogP contribution in [-0.2, 0) is 0 Å². The Morgan fingerprint density at radius 1 is 1.12 bits per heavy atom. The average Bonchev–Trinajstić information content (AvgIpc) is 3.32. The van der Waals surface area contributed by atoms with E-state index in [9.17, 15) is 9.18 Å². The van der Waals surface area contributed by atoms with Crippen LogP contribution in [0.15, 0.2) is 67.3 Å². The maximum atomic E-state index is 15.0. The fourth-order valence-electron chi connectivity index (χ4n) is 3.98. The molecule has 0 aliphatic carbocycles. The van der Waals surface area contributed by atoms with Crippen LogP contribution < -0.4 is 10.1 Å². The van der Waals surface area contributed by atoms with Crippen molar-refractivity contribution in [1.29, 1.82) is 0 Å². The van der Waals surface area contributed by atoms with Gasteiger partial charge < -0.3 is 14.6 Å². The summed E-state index contributed by atoms with van der Waals surface area (Å²) >= 11 is 0. The molecule has 5 rings (SSSR count). The molecule has 1 atom stereocenters. The van der Waals surface area contributed by atoms with Crippen molar-refractivity contribution >= 4 is 11.7 Å². The van der Waals surface area contributed by atoms with Crippen LogP contribution in [0.4, 0.5) is 10.2 Å². The molecule has 1 aromatic carbocycles. The Morgan fingerprint density at radius 2 is 1.97 bits per heavy atom. The van der Waals surface area contributed by atoms with Crippen LogP contribution in [0.1, 0.15) is 36.2 Å². The number of amides is 1. The molecule has 0 fully saturated rings. The fraction of sp³-hybridized carbons (Fsp3) is 0.200. The molecule has 0 unspecified atom stereocenters. The Bertz CT molecular complexity index is 1310. The van der Waals surface area contributed by atoms with E-state index in [4.69, 9.17) is 4.74 Å². The third-order valence-corrected chi connectivity index (χ3v) is 5.69. The first kappa shape index (κ1) is 20.8. The molecule has 1 N–H and O–H groups in total. The van der Waals surface area contributed by atoms with Crippen LogP contribution in [0.5, 0.6) is 5.75 Å². The van der Waals surface area contributed by atoms with Crippen LogP contribution in [0.2, 0.25) is 0 Å². The lowest BCUT2D eigenvalue weighted by molar-refractivity contribution is 0.102. The van der Waals surface area contributed by atoms with E-state index < -0.39 is 11.7 Å². The van der Waals surface area contributed by atoms with Gasteiger partial charge in [0.05, 0.1) is 12.2 Å². The number of rotatable bonds is 1. The lowest BCUT2D eigenvalue weighted by Gasteiger charge is -2.19. The molecule has 7 nitrogen and oxygen atoms in total. The second-order valence-electron chi connectivity index (χ2n) is 7.92. The standard InChI is InChI=1S/C25H22FN5O2/c1-16-4-3-13-33-22-15-20(26)18(17-7-9-27-10-8-17)14-19(22)25(32)30-23-6-2-5-21(29-23)24-28-11-12-31(16)24/h2,5-12,14-16H,3-4,13H2,1H3,(H,29,30,32)/t16-/m0/s1. The van der Waals surface area contributed by atoms with Crippen LogP contribution in [0.3, 0.4) is 0 Å². The second kappa shape index (κ2) is 8.82. The van der Waals surface area contributed by atoms with Crippen molar-refractivity contribution in [3.05, 3.63) is 78.6 Å². The summed E-state index contributed by atoms with van der Waals surface area (Å²) in [4.78, 5) is 26.3. The molecule has 0 saturated carbocycles. The van der Waals surface area contributed by atoms with Crippen molar-refractivity contribution < 1.29 is 13.9 Å². The summed E-state index contributed by atoms with van der Waals surface area (Å²) in [5, 5.41) is 2.82. The van der Waals surface area contributed by atoms with Crippen LogP contribution in [0, 0.1) is 5.82 Å². The van der Waals surface area contributed by atoms with Crippen LogP contribution in [-0.4, -0.2) is 32.0 Å². The minimum absolute atomic E-state index is 0.166. The Balaban J connectivity index is 1.58. The van der Waals surface area contributed by atoms with Crippen LogP contribution >= 0.6 is 0 Å². The lowest BCUT2D eigenvalue weighted by Crippen LogP contribution is -2.17. The molecule has 0 spiro atoms. The molecule has 1 amide bonds. The Morgan fingerprint density at radius 3 is 2.82 bits per heavy atom. The maximum absolute atomic E-state index is 15.0. The summed E-state index contributed by atoms with van der Waals surface area (Å²) in [6.07, 6.45) is 8.37. The topological polar surface area (TPSA) is 81.9 Å². The van der Waals surface area contributed by atoms with Gasteiger partial charge in [-0.25, -0.2) is 14.4 Å². The molecular weight excluding hydrogens is 421 g/mol. The molecule has 0 radical (unpaired) electrons. The van der Waals surface area contributed by atoms with E-state index in [1.54, 1.807) is 36.8 Å². The summed E-state index contributed by atoms with van der Waals surface area (Å²) in [5.41, 5.74) is 1.82. The van der Waals surface area contributed by atoms with E-state index in [-0.39, 0.29) is 17.4 Å². The molecule has 8 heteroatoms. The smallest absolute Gasteiger partial charge is 0.260 e. The number of pyridine rings is 2. The number of carbonyl (C=O) groups is 1. The van der Waals surface area contributed by atoms with Crippen molar-refractivity contribution in [2.75, 3.05) is 11.9 Å². The predicted molar refractivity (Wildman–Crippen MR) is 122 cm³/mol. The van der Waals surface area contributed by atoms with Crippen molar-refractivity contribution in [3.63, 3.8) is 0 Å². The van der Waals surface area contributed by atoms with Crippen molar-refractivity contribution in [2.45, 2.75) is 25.8 Å². The van der Waals surface area contributed by atoms with Crippen molar-refractivity contribution in [3.8, 4) is 28.4 Å². The van der Waals surface area contributed by atoms with Gasteiger partial charge in [-0.3, -0.25) is 9.78 Å². The number of imidazole rings is 1. The first-order valence-electron chi connectivity index (χ1n) is 10.8. The van der Waals surface area contributed by atoms with Gasteiger partial charge in [-0.05, 0) is 55.7 Å². The van der Waals surface area contributed by atoms with Gasteiger partial charge in [0.2, 0.25) is 0 Å². The predicted octanol–water partition coefficient (Wildman–Crippen LogP) is 5.13. The molecule has 4 aromatic rings. The number of anilines is 1. The highest BCUT2D eigenvalue weighted by Gasteiger charge is 2.20. The van der Waals surface area contributed by atoms with E-state index in [0.717, 1.165) is 18.7 Å². The highest BCUT2D eigenvalue weighted by molar-refractivity contribution is 6.06. The number of nitrogens with zero attached hydrogens (tertiary/aromatic N) is 4. The quantitative estimate of drug-likeness (QED) is 0.441. The van der Waals surface area contributed by atoms with Crippen molar-refractivity contribution in [2.24, 2.45) is 0 Å². The summed E-state index contributed by atoms with van der Waals surface area (Å²) in [6.45, 7) is 2.46. The molecule has 1 aliphatic rings. The fourth-order valence-corrected chi connectivity index (χ4v) is 3.98. The second-order valence-corrected chi connectivity index (χ2v) is 7.92. The number of fused-ring (bicyclic) bond motifs is 5. The van der Waals surface area contributed by atoms with Gasteiger partial charge in [0, 0.05) is 42.5 Å². The number of hydrogen-bond donors (Lipinski definition) is 1. The number of carbonyl (C=O) groups excluding carboxylic acids is 1. The van der Waals surface area contributed by atoms with Gasteiger partial charge in [0.15, 0.2) is 5.82 Å². The van der Waals surface area contributed by atoms with Gasteiger partial charge in [0.25, 0.3) is 5.91 Å². The van der Waals surface area contributed by atoms with Gasteiger partial charge in [0.1, 0.15) is 23.1 Å². The maximum Gasteiger partial charge on any atom is 0.260 e. The molecule has 0 saturated heterocycles. The summed E-state index contributed by atoms with van der Waals surface area (Å²) in [6, 6.07) is 11.7. The molecule has 2 bridgehead atoms. The van der Waals surface area contributed by atoms with Crippen molar-refractivity contribution in [1.82, 2.24) is 19.5 Å². The monoisotopic (exact) mass is 443 g/mol. The first-order chi connectivity index (χ1) is 16.1. The number of aromatic nitrogens is 4. The zero-order chi connectivity index (χ0) is 22.8. The summed E-state index contributed by atoms with van der Waals surface area (Å²) in [5.74, 6) is 0.410. The van der Waals surface area contributed by atoms with Crippen LogP contribution in [0.25, 0.3) is 22.6 Å². The number of ether oxygens (including phenoxy) is 1. The molecule has 1 aliphatic heterocycles. The molecular formula is C25H22FN5O2. The largest absolute Gasteiger partial charge is 0.493 e. The van der Waals surface area contributed by atoms with Gasteiger partial charge in [-0.1, -0.05) is 6.07 Å². The van der Waals surface area contributed by atoms with Gasteiger partial charge in [-0.15, -0.1) is 0 Å². The van der Waals surface area contributed by atoms with E-state index >= 15 is 0 Å². The minimum Gasteiger partial charge on any atom is -0.493 e. The Kier molecular flexibility index (Phi) is 5.56. The molecule has 33 heavy (non-hydrogen) atoms. The third kappa shape index (κ3) is 4.19. The van der Waals surface area contributed by atoms with Gasteiger partial charge in [-0.2, -0.15) is 0 Å². The average molecular weight is 443 g/mol. The Hall–Kier alpha value is -4.07. The van der Waals surface area contributed by atoms with Gasteiger partial charge >= 0.3 is 0 Å². The van der Waals surface area contributed by atoms with E-state index in [1.165, 1.54) is 12.1 Å². The number of nitrogens with one attached hydrogen (secondary N) is 1. The number of halogens is 1. The SMILES string of the molecule is C[C@H]1CCCOc2cc(F)c(-c3ccncc3)cc2C(=O)Nc2cccc(n2)-c2nccn21. The zero-order valence-electron chi connectivity index (χ0n) is 18.0. The molecule has 4 heterocycles. The highest BCUT2D eigenvalue weighted by atomic mass is 19.1. The minimum atomic E-state index is -0.467. The third-order valence-electron chi connectivity index (χ3n) is 5.69.